The van der Waals surface area contributed by atoms with Crippen LogP contribution in [0.15, 0.2) is 23.9 Å². The Morgan fingerprint density at radius 2 is 1.58 bits per heavy atom. The highest BCUT2D eigenvalue weighted by atomic mass is 16.5. The predicted molar refractivity (Wildman–Crippen MR) is 99.3 cm³/mol. The molecule has 0 bridgehead atoms. The molecule has 0 atom stereocenters. The third-order valence-corrected chi connectivity index (χ3v) is 3.75. The van der Waals surface area contributed by atoms with Crippen molar-refractivity contribution < 1.29 is 9.53 Å². The third-order valence-electron chi connectivity index (χ3n) is 3.75. The van der Waals surface area contributed by atoms with Gasteiger partial charge >= 0.3 is 5.97 Å². The molecule has 0 aromatic carbocycles. The number of carbonyl (C=O) groups excluding carboxylic acids is 1. The molecule has 0 aliphatic heterocycles. The number of nitrogens with zero attached hydrogens (tertiary/aromatic N) is 1. The number of esters is 1. The van der Waals surface area contributed by atoms with Crippen molar-refractivity contribution in [1.29, 1.82) is 5.26 Å². The van der Waals surface area contributed by atoms with Gasteiger partial charge in [0, 0.05) is 6.54 Å². The van der Waals surface area contributed by atoms with Gasteiger partial charge in [-0.2, -0.15) is 5.26 Å². The van der Waals surface area contributed by atoms with E-state index in [-0.39, 0.29) is 5.57 Å². The van der Waals surface area contributed by atoms with E-state index < -0.39 is 5.97 Å². The molecule has 0 aromatic rings. The largest absolute Gasteiger partial charge is 0.462 e. The molecule has 0 unspecified atom stereocenters. The summed E-state index contributed by atoms with van der Waals surface area (Å²) in [5, 5.41) is 11.9. The zero-order chi connectivity index (χ0) is 17.9. The van der Waals surface area contributed by atoms with Crippen LogP contribution in [0.25, 0.3) is 0 Å². The van der Waals surface area contributed by atoms with Crippen LogP contribution in [0.5, 0.6) is 0 Å². The topological polar surface area (TPSA) is 62.1 Å². The van der Waals surface area contributed by atoms with E-state index in [2.05, 4.69) is 12.2 Å². The molecule has 4 nitrogen and oxygen atoms in total. The smallest absolute Gasteiger partial charge is 0.348 e. The van der Waals surface area contributed by atoms with Crippen LogP contribution < -0.4 is 5.32 Å². The molecule has 0 amide bonds. The molecule has 0 rings (SSSR count). The van der Waals surface area contributed by atoms with E-state index in [1.54, 1.807) is 12.3 Å². The number of rotatable bonds is 15. The Kier molecular flexibility index (Phi) is 16.3. The van der Waals surface area contributed by atoms with Crippen molar-refractivity contribution in [2.45, 2.75) is 78.1 Å². The van der Waals surface area contributed by atoms with Gasteiger partial charge in [0.15, 0.2) is 0 Å². The summed E-state index contributed by atoms with van der Waals surface area (Å²) in [4.78, 5) is 11.7. The van der Waals surface area contributed by atoms with Crippen LogP contribution in [-0.4, -0.2) is 19.1 Å². The average molecular weight is 335 g/mol. The van der Waals surface area contributed by atoms with Crippen molar-refractivity contribution in [2.24, 2.45) is 0 Å². The van der Waals surface area contributed by atoms with Gasteiger partial charge < -0.3 is 10.1 Å². The van der Waals surface area contributed by atoms with E-state index in [1.165, 1.54) is 57.4 Å². The zero-order valence-electron chi connectivity index (χ0n) is 15.5. The highest BCUT2D eigenvalue weighted by Crippen LogP contribution is 2.10. The first-order valence-corrected chi connectivity index (χ1v) is 9.43. The summed E-state index contributed by atoms with van der Waals surface area (Å²) < 4.78 is 5.14. The summed E-state index contributed by atoms with van der Waals surface area (Å²) in [6.07, 6.45) is 17.2. The Bertz CT molecular complexity index is 408. The number of hydrogen-bond acceptors (Lipinski definition) is 4. The lowest BCUT2D eigenvalue weighted by Gasteiger charge is -2.04. The fourth-order valence-electron chi connectivity index (χ4n) is 2.31. The maximum Gasteiger partial charge on any atom is 0.348 e. The van der Waals surface area contributed by atoms with Gasteiger partial charge in [-0.25, -0.2) is 4.79 Å². The second kappa shape index (κ2) is 17.6. The lowest BCUT2D eigenvalue weighted by molar-refractivity contribution is -0.138. The summed E-state index contributed by atoms with van der Waals surface area (Å²) in [6.45, 7) is 5.41. The molecule has 4 heteroatoms. The Morgan fingerprint density at radius 1 is 1.00 bits per heavy atom. The molecule has 0 saturated heterocycles. The van der Waals surface area contributed by atoms with Crippen molar-refractivity contribution in [3.05, 3.63) is 23.9 Å². The standard InChI is InChI=1S/C20H34N2O2/c1-3-5-6-7-8-9-10-11-12-13-17-24-20(23)19(18-21)15-14-16-22-4-2/h14-16,22H,3-13,17H2,1-2H3. The maximum absolute atomic E-state index is 11.7. The monoisotopic (exact) mass is 334 g/mol. The van der Waals surface area contributed by atoms with Gasteiger partial charge in [-0.15, -0.1) is 0 Å². The van der Waals surface area contributed by atoms with Crippen LogP contribution >= 0.6 is 0 Å². The van der Waals surface area contributed by atoms with Crippen molar-refractivity contribution in [2.75, 3.05) is 13.2 Å². The number of nitriles is 1. The van der Waals surface area contributed by atoms with Gasteiger partial charge in [0.1, 0.15) is 11.6 Å². The lowest BCUT2D eigenvalue weighted by Crippen LogP contribution is -2.08. The Balaban J connectivity index is 3.62. The number of carbonyl (C=O) groups is 1. The molecular formula is C20H34N2O2. The summed E-state index contributed by atoms with van der Waals surface area (Å²) in [6, 6.07) is 1.88. The van der Waals surface area contributed by atoms with Crippen LogP contribution in [-0.2, 0) is 9.53 Å². The van der Waals surface area contributed by atoms with E-state index in [0.717, 1.165) is 19.4 Å². The van der Waals surface area contributed by atoms with Gasteiger partial charge in [0.25, 0.3) is 0 Å². The molecule has 0 aliphatic carbocycles. The molecule has 0 aromatic heterocycles. The fraction of sp³-hybridized carbons (Fsp3) is 0.700. The highest BCUT2D eigenvalue weighted by molar-refractivity contribution is 5.93. The number of hydrogen-bond donors (Lipinski definition) is 1. The Hall–Kier alpha value is -1.76. The lowest BCUT2D eigenvalue weighted by atomic mass is 10.1. The normalized spacial score (nSPS) is 11.5. The number of nitrogens with one attached hydrogen (secondary N) is 1. The summed E-state index contributed by atoms with van der Waals surface area (Å²) >= 11 is 0. The van der Waals surface area contributed by atoms with Crippen LogP contribution in [0.2, 0.25) is 0 Å². The van der Waals surface area contributed by atoms with E-state index in [0.29, 0.717) is 6.61 Å². The quantitative estimate of drug-likeness (QED) is 0.150. The van der Waals surface area contributed by atoms with Gasteiger partial charge in [-0.05, 0) is 31.7 Å². The van der Waals surface area contributed by atoms with Crippen molar-refractivity contribution >= 4 is 5.97 Å². The number of allylic oxidation sites excluding steroid dienone is 2. The minimum atomic E-state index is -0.533. The van der Waals surface area contributed by atoms with Gasteiger partial charge in [0.2, 0.25) is 0 Å². The molecule has 1 N–H and O–H groups in total. The first-order valence-electron chi connectivity index (χ1n) is 9.43. The van der Waals surface area contributed by atoms with Crippen molar-refractivity contribution in [1.82, 2.24) is 5.32 Å². The van der Waals surface area contributed by atoms with Crippen LogP contribution in [0.3, 0.4) is 0 Å². The zero-order valence-corrected chi connectivity index (χ0v) is 15.5. The third kappa shape index (κ3) is 13.9. The maximum atomic E-state index is 11.7. The number of unbranched alkanes of at least 4 members (excludes halogenated alkanes) is 9. The SMILES string of the molecule is CCCCCCCCCCCCOC(=O)C(C#N)=CC=CNCC. The predicted octanol–water partition coefficient (Wildman–Crippen LogP) is 5.02. The Morgan fingerprint density at radius 3 is 2.12 bits per heavy atom. The van der Waals surface area contributed by atoms with E-state index in [4.69, 9.17) is 10.00 Å². The fourth-order valence-corrected chi connectivity index (χ4v) is 2.31. The van der Waals surface area contributed by atoms with E-state index >= 15 is 0 Å². The first kappa shape index (κ1) is 22.2. The van der Waals surface area contributed by atoms with E-state index in [9.17, 15) is 4.79 Å². The summed E-state index contributed by atoms with van der Waals surface area (Å²) in [5.41, 5.74) is 0.0382. The van der Waals surface area contributed by atoms with Crippen LogP contribution in [0.4, 0.5) is 0 Å². The molecule has 0 radical (unpaired) electrons. The van der Waals surface area contributed by atoms with Gasteiger partial charge in [-0.1, -0.05) is 64.7 Å². The highest BCUT2D eigenvalue weighted by Gasteiger charge is 2.08. The van der Waals surface area contributed by atoms with Crippen molar-refractivity contribution in [3.63, 3.8) is 0 Å². The van der Waals surface area contributed by atoms with Gasteiger partial charge in [-0.3, -0.25) is 0 Å². The molecular weight excluding hydrogens is 300 g/mol. The minimum absolute atomic E-state index is 0.0382. The molecule has 0 spiro atoms. The molecule has 0 heterocycles. The second-order valence-electron chi connectivity index (χ2n) is 5.93. The summed E-state index contributed by atoms with van der Waals surface area (Å²) in [7, 11) is 0. The molecule has 0 saturated carbocycles. The second-order valence-corrected chi connectivity index (χ2v) is 5.93. The Labute approximate surface area is 148 Å². The number of ether oxygens (including phenoxy) is 1. The van der Waals surface area contributed by atoms with Crippen LogP contribution in [0, 0.1) is 11.3 Å². The van der Waals surface area contributed by atoms with Gasteiger partial charge in [0.05, 0.1) is 6.61 Å². The van der Waals surface area contributed by atoms with Crippen LogP contribution in [0.1, 0.15) is 78.1 Å². The average Bonchev–Trinajstić information content (AvgIpc) is 2.59. The molecule has 0 aliphatic rings. The molecule has 24 heavy (non-hydrogen) atoms. The molecule has 136 valence electrons. The first-order chi connectivity index (χ1) is 11.8. The van der Waals surface area contributed by atoms with Crippen molar-refractivity contribution in [3.8, 4) is 6.07 Å². The summed E-state index contributed by atoms with van der Waals surface area (Å²) in [5.74, 6) is -0.533. The molecule has 0 fully saturated rings. The van der Waals surface area contributed by atoms with E-state index in [1.807, 2.05) is 13.0 Å². The minimum Gasteiger partial charge on any atom is -0.462 e.